The smallest absolute Gasteiger partial charge is 0.385 e. The van der Waals surface area contributed by atoms with E-state index < -0.39 is 17.7 Å². The van der Waals surface area contributed by atoms with Crippen LogP contribution >= 0.6 is 11.6 Å². The minimum atomic E-state index is -4.59. The van der Waals surface area contributed by atoms with Gasteiger partial charge in [-0.2, -0.15) is 13.2 Å². The van der Waals surface area contributed by atoms with Crippen LogP contribution in [0.1, 0.15) is 12.6 Å². The molecule has 0 fully saturated rings. The van der Waals surface area contributed by atoms with Gasteiger partial charge in [-0.3, -0.25) is 0 Å². The highest BCUT2D eigenvalue weighted by atomic mass is 35.5. The molecule has 0 radical (unpaired) electrons. The summed E-state index contributed by atoms with van der Waals surface area (Å²) < 4.78 is 51.4. The normalized spacial score (nSPS) is 11.9. The van der Waals surface area contributed by atoms with E-state index in [0.717, 1.165) is 12.1 Å². The molecule has 2 aromatic rings. The van der Waals surface area contributed by atoms with Crippen LogP contribution in [0.5, 0.6) is 0 Å². The lowest BCUT2D eigenvalue weighted by Crippen LogP contribution is -2.10. The van der Waals surface area contributed by atoms with Crippen LogP contribution in [0.4, 0.5) is 23.2 Å². The summed E-state index contributed by atoms with van der Waals surface area (Å²) >= 11 is 5.64. The van der Waals surface area contributed by atoms with Crippen molar-refractivity contribution in [3.8, 4) is 0 Å². The van der Waals surface area contributed by atoms with Gasteiger partial charge in [-0.25, -0.2) is 9.37 Å². The van der Waals surface area contributed by atoms with Crippen molar-refractivity contribution in [2.24, 2.45) is 0 Å². The van der Waals surface area contributed by atoms with Crippen molar-refractivity contribution in [1.29, 1.82) is 0 Å². The Morgan fingerprint density at radius 3 is 2.53 bits per heavy atom. The predicted molar refractivity (Wildman–Crippen MR) is 65.9 cm³/mol. The predicted octanol–water partition coefficient (Wildman–Crippen LogP) is 4.48. The number of nitrogens with one attached hydrogen (secondary N) is 1. The van der Waals surface area contributed by atoms with Crippen LogP contribution in [-0.4, -0.2) is 11.5 Å². The Labute approximate surface area is 111 Å². The second-order valence-corrected chi connectivity index (χ2v) is 4.27. The number of halogens is 5. The highest BCUT2D eigenvalue weighted by molar-refractivity contribution is 6.31. The summed E-state index contributed by atoms with van der Waals surface area (Å²) in [5.74, 6) is -0.802. The fourth-order valence-corrected chi connectivity index (χ4v) is 1.87. The molecular weight excluding hydrogens is 284 g/mol. The van der Waals surface area contributed by atoms with Gasteiger partial charge in [-0.15, -0.1) is 0 Å². The van der Waals surface area contributed by atoms with Crippen molar-refractivity contribution in [1.82, 2.24) is 4.98 Å². The minimum absolute atomic E-state index is 0.0901. The monoisotopic (exact) mass is 292 g/mol. The first-order valence-electron chi connectivity index (χ1n) is 5.43. The third-order valence-corrected chi connectivity index (χ3v) is 2.80. The molecule has 0 atom stereocenters. The van der Waals surface area contributed by atoms with Crippen molar-refractivity contribution in [3.05, 3.63) is 34.7 Å². The maximum atomic E-state index is 13.3. The van der Waals surface area contributed by atoms with Gasteiger partial charge in [0.05, 0.1) is 10.5 Å². The number of aromatic nitrogens is 1. The molecule has 2 nitrogen and oxygen atoms in total. The largest absolute Gasteiger partial charge is 0.433 e. The van der Waals surface area contributed by atoms with Gasteiger partial charge in [0.25, 0.3) is 0 Å². The molecular formula is C12H9ClF4N2. The van der Waals surface area contributed by atoms with Crippen molar-refractivity contribution in [3.63, 3.8) is 0 Å². The number of benzene rings is 1. The maximum Gasteiger partial charge on any atom is 0.433 e. The minimum Gasteiger partial charge on any atom is -0.385 e. The number of hydrogen-bond donors (Lipinski definition) is 1. The van der Waals surface area contributed by atoms with Crippen LogP contribution in [0, 0.1) is 5.82 Å². The van der Waals surface area contributed by atoms with E-state index in [1.54, 1.807) is 6.92 Å². The highest BCUT2D eigenvalue weighted by Gasteiger charge is 2.33. The summed E-state index contributed by atoms with van der Waals surface area (Å²) in [5, 5.41) is 2.98. The van der Waals surface area contributed by atoms with Crippen LogP contribution < -0.4 is 5.32 Å². The summed E-state index contributed by atoms with van der Waals surface area (Å²) in [6.45, 7) is 2.16. The summed E-state index contributed by atoms with van der Waals surface area (Å²) in [4.78, 5) is 3.43. The third-order valence-electron chi connectivity index (χ3n) is 2.51. The standard InChI is InChI=1S/C12H9ClF4N2/c1-2-18-9-5-11(12(15,16)17)19-10-4-8(14)7(13)3-6(9)10/h3-5H,2H2,1H3,(H,18,19). The van der Waals surface area contributed by atoms with Gasteiger partial charge < -0.3 is 5.32 Å². The summed E-state index contributed by atoms with van der Waals surface area (Å²) in [7, 11) is 0. The molecule has 19 heavy (non-hydrogen) atoms. The van der Waals surface area contributed by atoms with Crippen LogP contribution in [0.2, 0.25) is 5.02 Å². The SMILES string of the molecule is CCNc1cc(C(F)(F)F)nc2cc(F)c(Cl)cc12. The average Bonchev–Trinajstić information content (AvgIpc) is 2.30. The molecule has 102 valence electrons. The molecule has 0 saturated heterocycles. The Morgan fingerprint density at radius 2 is 1.95 bits per heavy atom. The number of anilines is 1. The van der Waals surface area contributed by atoms with Gasteiger partial charge in [0.15, 0.2) is 0 Å². The van der Waals surface area contributed by atoms with Gasteiger partial charge in [-0.05, 0) is 19.1 Å². The van der Waals surface area contributed by atoms with E-state index in [2.05, 4.69) is 10.3 Å². The molecule has 0 bridgehead atoms. The Morgan fingerprint density at radius 1 is 1.26 bits per heavy atom. The lowest BCUT2D eigenvalue weighted by atomic mass is 10.1. The second-order valence-electron chi connectivity index (χ2n) is 3.87. The number of rotatable bonds is 2. The molecule has 0 amide bonds. The molecule has 2 rings (SSSR count). The van der Waals surface area contributed by atoms with Gasteiger partial charge in [-0.1, -0.05) is 11.6 Å². The van der Waals surface area contributed by atoms with Gasteiger partial charge in [0, 0.05) is 23.7 Å². The average molecular weight is 293 g/mol. The van der Waals surface area contributed by atoms with E-state index in [1.807, 2.05) is 0 Å². The first kappa shape index (κ1) is 13.9. The number of hydrogen-bond acceptors (Lipinski definition) is 2. The Kier molecular flexibility index (Phi) is 3.54. The van der Waals surface area contributed by atoms with Crippen LogP contribution in [0.3, 0.4) is 0 Å². The molecule has 0 aliphatic heterocycles. The van der Waals surface area contributed by atoms with E-state index in [1.165, 1.54) is 6.07 Å². The Bertz CT molecular complexity index is 625. The van der Waals surface area contributed by atoms with E-state index in [4.69, 9.17) is 11.6 Å². The second kappa shape index (κ2) is 4.85. The first-order valence-corrected chi connectivity index (χ1v) is 5.81. The topological polar surface area (TPSA) is 24.9 Å². The summed E-state index contributed by atoms with van der Waals surface area (Å²) in [6, 6.07) is 3.05. The Balaban J connectivity index is 2.75. The van der Waals surface area contributed by atoms with E-state index in [0.29, 0.717) is 11.9 Å². The zero-order chi connectivity index (χ0) is 14.2. The van der Waals surface area contributed by atoms with Gasteiger partial charge in [0.2, 0.25) is 0 Å². The van der Waals surface area contributed by atoms with E-state index in [9.17, 15) is 17.6 Å². The molecule has 0 spiro atoms. The molecule has 1 N–H and O–H groups in total. The Hall–Kier alpha value is -1.56. The van der Waals surface area contributed by atoms with Crippen molar-refractivity contribution in [2.75, 3.05) is 11.9 Å². The number of alkyl halides is 3. The van der Waals surface area contributed by atoms with Gasteiger partial charge >= 0.3 is 6.18 Å². The quantitative estimate of drug-likeness (QED) is 0.826. The third kappa shape index (κ3) is 2.73. The molecule has 1 aromatic heterocycles. The van der Waals surface area contributed by atoms with Crippen molar-refractivity contribution >= 4 is 28.2 Å². The van der Waals surface area contributed by atoms with Crippen molar-refractivity contribution < 1.29 is 17.6 Å². The molecule has 7 heteroatoms. The zero-order valence-corrected chi connectivity index (χ0v) is 10.5. The summed E-state index contributed by atoms with van der Waals surface area (Å²) in [5.41, 5.74) is -0.938. The molecule has 0 aliphatic rings. The molecule has 0 aliphatic carbocycles. The molecule has 1 heterocycles. The van der Waals surface area contributed by atoms with E-state index in [-0.39, 0.29) is 16.2 Å². The number of nitrogens with zero attached hydrogens (tertiary/aromatic N) is 1. The highest BCUT2D eigenvalue weighted by Crippen LogP contribution is 2.34. The lowest BCUT2D eigenvalue weighted by molar-refractivity contribution is -0.140. The number of fused-ring (bicyclic) bond motifs is 1. The molecule has 0 unspecified atom stereocenters. The number of pyridine rings is 1. The van der Waals surface area contributed by atoms with Crippen molar-refractivity contribution in [2.45, 2.75) is 13.1 Å². The van der Waals surface area contributed by atoms with Gasteiger partial charge in [0.1, 0.15) is 11.5 Å². The molecule has 0 saturated carbocycles. The first-order chi connectivity index (χ1) is 8.82. The maximum absolute atomic E-state index is 13.3. The fraction of sp³-hybridized carbons (Fsp3) is 0.250. The van der Waals surface area contributed by atoms with Crippen LogP contribution in [-0.2, 0) is 6.18 Å². The van der Waals surface area contributed by atoms with E-state index >= 15 is 0 Å². The van der Waals surface area contributed by atoms with Crippen LogP contribution in [0.25, 0.3) is 10.9 Å². The van der Waals surface area contributed by atoms with Crippen LogP contribution in [0.15, 0.2) is 18.2 Å². The summed E-state index contributed by atoms with van der Waals surface area (Å²) in [6.07, 6.45) is -4.59. The zero-order valence-electron chi connectivity index (χ0n) is 9.78. The molecule has 1 aromatic carbocycles. The fourth-order valence-electron chi connectivity index (χ4n) is 1.70. The lowest BCUT2D eigenvalue weighted by Gasteiger charge is -2.13.